The first-order valence-electron chi connectivity index (χ1n) is 5.63. The molecular formula is C13H16FNO2. The van der Waals surface area contributed by atoms with Crippen molar-refractivity contribution in [1.82, 2.24) is 0 Å². The second-order valence-corrected chi connectivity index (χ2v) is 4.73. The summed E-state index contributed by atoms with van der Waals surface area (Å²) in [6.45, 7) is 4.86. The Labute approximate surface area is 100 Å². The first kappa shape index (κ1) is 11.9. The van der Waals surface area contributed by atoms with Crippen molar-refractivity contribution in [2.45, 2.75) is 26.4 Å². The molecule has 1 aliphatic heterocycles. The number of alkyl halides is 1. The minimum atomic E-state index is -0.935. The zero-order valence-electron chi connectivity index (χ0n) is 10.3. The van der Waals surface area contributed by atoms with Crippen LogP contribution in [0.2, 0.25) is 0 Å². The Kier molecular flexibility index (Phi) is 2.81. The molecule has 3 nitrogen and oxygen atoms in total. The largest absolute Gasteiger partial charge is 0.476 e. The second kappa shape index (κ2) is 4.02. The van der Waals surface area contributed by atoms with Crippen LogP contribution in [-0.2, 0) is 4.79 Å². The molecule has 0 aromatic heterocycles. The maximum absolute atomic E-state index is 12.5. The molecule has 17 heavy (non-hydrogen) atoms. The molecule has 1 aromatic carbocycles. The van der Waals surface area contributed by atoms with Gasteiger partial charge in [0.2, 0.25) is 0 Å². The molecule has 0 aliphatic carbocycles. The van der Waals surface area contributed by atoms with Gasteiger partial charge in [0.25, 0.3) is 5.91 Å². The SMILES string of the molecule is Cc1ccc2c(c1)OC(C)(C)C(=O)N2CCF. The predicted octanol–water partition coefficient (Wildman–Crippen LogP) is 2.47. The lowest BCUT2D eigenvalue weighted by molar-refractivity contribution is -0.132. The van der Waals surface area contributed by atoms with Crippen LogP contribution in [0.25, 0.3) is 0 Å². The fourth-order valence-corrected chi connectivity index (χ4v) is 1.99. The average molecular weight is 237 g/mol. The number of anilines is 1. The van der Waals surface area contributed by atoms with Gasteiger partial charge < -0.3 is 9.64 Å². The molecule has 0 fully saturated rings. The quantitative estimate of drug-likeness (QED) is 0.790. The highest BCUT2D eigenvalue weighted by Gasteiger charge is 2.40. The number of carbonyl (C=O) groups excluding carboxylic acids is 1. The summed E-state index contributed by atoms with van der Waals surface area (Å²) >= 11 is 0. The summed E-state index contributed by atoms with van der Waals surface area (Å²) in [5.74, 6) is 0.439. The first-order chi connectivity index (χ1) is 7.95. The van der Waals surface area contributed by atoms with Crippen LogP contribution >= 0.6 is 0 Å². The fraction of sp³-hybridized carbons (Fsp3) is 0.462. The third-order valence-corrected chi connectivity index (χ3v) is 2.84. The molecule has 2 rings (SSSR count). The number of hydrogen-bond donors (Lipinski definition) is 0. The Morgan fingerprint density at radius 1 is 1.41 bits per heavy atom. The van der Waals surface area contributed by atoms with Crippen LogP contribution in [0.5, 0.6) is 5.75 Å². The van der Waals surface area contributed by atoms with Gasteiger partial charge in [0.05, 0.1) is 12.2 Å². The molecule has 4 heteroatoms. The molecule has 0 radical (unpaired) electrons. The lowest BCUT2D eigenvalue weighted by Gasteiger charge is -2.38. The molecule has 0 bridgehead atoms. The topological polar surface area (TPSA) is 29.5 Å². The fourth-order valence-electron chi connectivity index (χ4n) is 1.99. The van der Waals surface area contributed by atoms with Crippen molar-refractivity contribution in [3.05, 3.63) is 23.8 Å². The number of ether oxygens (including phenoxy) is 1. The van der Waals surface area contributed by atoms with Gasteiger partial charge in [-0.2, -0.15) is 0 Å². The Morgan fingerprint density at radius 3 is 2.76 bits per heavy atom. The minimum absolute atomic E-state index is 0.0711. The van der Waals surface area contributed by atoms with E-state index in [4.69, 9.17) is 4.74 Å². The zero-order valence-corrected chi connectivity index (χ0v) is 10.3. The van der Waals surface area contributed by atoms with Gasteiger partial charge in [0.1, 0.15) is 12.4 Å². The van der Waals surface area contributed by atoms with E-state index in [1.807, 2.05) is 19.1 Å². The van der Waals surface area contributed by atoms with Crippen LogP contribution in [0, 0.1) is 6.92 Å². The van der Waals surface area contributed by atoms with Gasteiger partial charge in [-0.25, -0.2) is 4.39 Å². The van der Waals surface area contributed by atoms with Gasteiger partial charge in [0.15, 0.2) is 5.60 Å². The number of nitrogens with zero attached hydrogens (tertiary/aromatic N) is 1. The average Bonchev–Trinajstić information content (AvgIpc) is 2.24. The maximum atomic E-state index is 12.5. The standard InChI is InChI=1S/C13H16FNO2/c1-9-4-5-10-11(8-9)17-13(2,3)12(16)15(10)7-6-14/h4-5,8H,6-7H2,1-3H3. The molecule has 1 heterocycles. The molecule has 1 aromatic rings. The molecule has 0 spiro atoms. The van der Waals surface area contributed by atoms with Gasteiger partial charge in [-0.05, 0) is 38.5 Å². The van der Waals surface area contributed by atoms with Gasteiger partial charge in [-0.1, -0.05) is 6.07 Å². The predicted molar refractivity (Wildman–Crippen MR) is 64.2 cm³/mol. The van der Waals surface area contributed by atoms with Crippen molar-refractivity contribution >= 4 is 11.6 Å². The monoisotopic (exact) mass is 237 g/mol. The van der Waals surface area contributed by atoms with E-state index in [0.717, 1.165) is 5.56 Å². The highest BCUT2D eigenvalue weighted by molar-refractivity contribution is 6.02. The Hall–Kier alpha value is -1.58. The number of halogens is 1. The van der Waals surface area contributed by atoms with Gasteiger partial charge >= 0.3 is 0 Å². The minimum Gasteiger partial charge on any atom is -0.476 e. The highest BCUT2D eigenvalue weighted by atomic mass is 19.1. The van der Waals surface area contributed by atoms with Crippen molar-refractivity contribution in [1.29, 1.82) is 0 Å². The number of amides is 1. The van der Waals surface area contributed by atoms with Gasteiger partial charge in [-0.3, -0.25) is 4.79 Å². The maximum Gasteiger partial charge on any atom is 0.270 e. The number of benzene rings is 1. The molecule has 0 unspecified atom stereocenters. The highest BCUT2D eigenvalue weighted by Crippen LogP contribution is 2.38. The number of hydrogen-bond acceptors (Lipinski definition) is 2. The van der Waals surface area contributed by atoms with Crippen LogP contribution in [0.1, 0.15) is 19.4 Å². The van der Waals surface area contributed by atoms with Gasteiger partial charge in [-0.15, -0.1) is 0 Å². The third-order valence-electron chi connectivity index (χ3n) is 2.84. The summed E-state index contributed by atoms with van der Waals surface area (Å²) < 4.78 is 18.2. The zero-order chi connectivity index (χ0) is 12.6. The van der Waals surface area contributed by atoms with E-state index < -0.39 is 12.3 Å². The summed E-state index contributed by atoms with van der Waals surface area (Å²) in [5, 5.41) is 0. The molecule has 0 atom stereocenters. The summed E-state index contributed by atoms with van der Waals surface area (Å²) in [6.07, 6.45) is 0. The van der Waals surface area contributed by atoms with Crippen LogP contribution in [0.15, 0.2) is 18.2 Å². The summed E-state index contributed by atoms with van der Waals surface area (Å²) in [6, 6.07) is 5.56. The molecule has 1 aliphatic rings. The van der Waals surface area contributed by atoms with Crippen LogP contribution in [0.3, 0.4) is 0 Å². The molecule has 0 N–H and O–H groups in total. The lowest BCUT2D eigenvalue weighted by atomic mass is 10.0. The van der Waals surface area contributed by atoms with E-state index in [9.17, 15) is 9.18 Å². The van der Waals surface area contributed by atoms with E-state index in [1.165, 1.54) is 4.90 Å². The molecule has 92 valence electrons. The molecule has 1 amide bonds. The molecular weight excluding hydrogens is 221 g/mol. The number of fused-ring (bicyclic) bond motifs is 1. The van der Waals surface area contributed by atoms with Crippen molar-refractivity contribution in [3.8, 4) is 5.75 Å². The molecule has 0 saturated heterocycles. The summed E-state index contributed by atoms with van der Waals surface area (Å²) in [4.78, 5) is 13.6. The van der Waals surface area contributed by atoms with Gasteiger partial charge in [0, 0.05) is 0 Å². The molecule has 0 saturated carbocycles. The van der Waals surface area contributed by atoms with E-state index >= 15 is 0 Å². The summed E-state index contributed by atoms with van der Waals surface area (Å²) in [5.41, 5.74) is 0.766. The summed E-state index contributed by atoms with van der Waals surface area (Å²) in [7, 11) is 0. The van der Waals surface area contributed by atoms with E-state index in [0.29, 0.717) is 11.4 Å². The van der Waals surface area contributed by atoms with E-state index in [1.54, 1.807) is 19.9 Å². The van der Waals surface area contributed by atoms with Crippen LogP contribution in [-0.4, -0.2) is 24.7 Å². The van der Waals surface area contributed by atoms with Crippen molar-refractivity contribution < 1.29 is 13.9 Å². The number of carbonyl (C=O) groups is 1. The normalized spacial score (nSPS) is 17.6. The van der Waals surface area contributed by atoms with E-state index in [2.05, 4.69) is 0 Å². The number of aryl methyl sites for hydroxylation is 1. The lowest BCUT2D eigenvalue weighted by Crippen LogP contribution is -2.53. The third kappa shape index (κ3) is 1.99. The van der Waals surface area contributed by atoms with Crippen LogP contribution in [0.4, 0.5) is 10.1 Å². The Morgan fingerprint density at radius 2 is 2.12 bits per heavy atom. The smallest absolute Gasteiger partial charge is 0.270 e. The van der Waals surface area contributed by atoms with Crippen molar-refractivity contribution in [2.24, 2.45) is 0 Å². The Bertz CT molecular complexity index is 457. The van der Waals surface area contributed by atoms with Crippen molar-refractivity contribution in [2.75, 3.05) is 18.1 Å². The number of rotatable bonds is 2. The van der Waals surface area contributed by atoms with Crippen molar-refractivity contribution in [3.63, 3.8) is 0 Å². The second-order valence-electron chi connectivity index (χ2n) is 4.73. The first-order valence-corrected chi connectivity index (χ1v) is 5.63. The van der Waals surface area contributed by atoms with E-state index in [-0.39, 0.29) is 12.5 Å². The Balaban J connectivity index is 2.50. The van der Waals surface area contributed by atoms with Crippen LogP contribution < -0.4 is 9.64 Å².